The summed E-state index contributed by atoms with van der Waals surface area (Å²) in [7, 11) is 0. The Kier molecular flexibility index (Phi) is 6.04. The topological polar surface area (TPSA) is 78.5 Å². The van der Waals surface area contributed by atoms with E-state index in [1.165, 1.54) is 11.8 Å². The maximum Gasteiger partial charge on any atom is 0.281 e. The first-order valence-corrected chi connectivity index (χ1v) is 8.57. The lowest BCUT2D eigenvalue weighted by Gasteiger charge is -2.14. The van der Waals surface area contributed by atoms with Gasteiger partial charge in [0.2, 0.25) is 11.8 Å². The SMILES string of the molecule is CC(C)C(=O)Nc1ccc(NC(=O)CCN2CCSC2=O)cc1. The molecule has 1 heterocycles. The number of hydrogen-bond acceptors (Lipinski definition) is 4. The predicted octanol–water partition coefficient (Wildman–Crippen LogP) is 2.78. The largest absolute Gasteiger partial charge is 0.332 e. The second kappa shape index (κ2) is 8.01. The Morgan fingerprint density at radius 1 is 1.17 bits per heavy atom. The number of amides is 3. The van der Waals surface area contributed by atoms with Crippen LogP contribution in [0, 0.1) is 5.92 Å². The Morgan fingerprint density at radius 3 is 2.30 bits per heavy atom. The van der Waals surface area contributed by atoms with E-state index < -0.39 is 0 Å². The maximum absolute atomic E-state index is 11.9. The number of hydrogen-bond donors (Lipinski definition) is 2. The highest BCUT2D eigenvalue weighted by Gasteiger charge is 2.21. The van der Waals surface area contributed by atoms with Gasteiger partial charge in [-0.3, -0.25) is 14.4 Å². The molecule has 1 aromatic rings. The number of carbonyl (C=O) groups is 3. The van der Waals surface area contributed by atoms with Gasteiger partial charge in [0.25, 0.3) is 5.24 Å². The molecule has 6 nitrogen and oxygen atoms in total. The van der Waals surface area contributed by atoms with Crippen molar-refractivity contribution in [2.45, 2.75) is 20.3 Å². The van der Waals surface area contributed by atoms with Crippen LogP contribution in [0.2, 0.25) is 0 Å². The zero-order valence-corrected chi connectivity index (χ0v) is 14.1. The van der Waals surface area contributed by atoms with Gasteiger partial charge in [0.15, 0.2) is 0 Å². The molecule has 1 aliphatic heterocycles. The average Bonchev–Trinajstić information content (AvgIpc) is 2.92. The first kappa shape index (κ1) is 17.3. The fourth-order valence-corrected chi connectivity index (χ4v) is 2.86. The molecule has 0 unspecified atom stereocenters. The number of anilines is 2. The van der Waals surface area contributed by atoms with Crippen molar-refractivity contribution in [3.05, 3.63) is 24.3 Å². The Bertz CT molecular complexity index is 587. The van der Waals surface area contributed by atoms with Crippen LogP contribution in [0.4, 0.5) is 16.2 Å². The summed E-state index contributed by atoms with van der Waals surface area (Å²) < 4.78 is 0. The number of nitrogens with zero attached hydrogens (tertiary/aromatic N) is 1. The van der Waals surface area contributed by atoms with E-state index in [9.17, 15) is 14.4 Å². The molecule has 1 saturated heterocycles. The van der Waals surface area contributed by atoms with E-state index in [-0.39, 0.29) is 29.4 Å². The zero-order valence-electron chi connectivity index (χ0n) is 13.3. The average molecular weight is 335 g/mol. The molecule has 0 aromatic heterocycles. The number of benzene rings is 1. The molecule has 23 heavy (non-hydrogen) atoms. The molecular formula is C16H21N3O3S. The molecule has 7 heteroatoms. The van der Waals surface area contributed by atoms with Gasteiger partial charge in [-0.05, 0) is 24.3 Å². The molecule has 0 aliphatic carbocycles. The Hall–Kier alpha value is -2.02. The predicted molar refractivity (Wildman–Crippen MR) is 92.6 cm³/mol. The zero-order chi connectivity index (χ0) is 16.8. The summed E-state index contributed by atoms with van der Waals surface area (Å²) in [6.45, 7) is 4.81. The van der Waals surface area contributed by atoms with Crippen LogP contribution in [0.15, 0.2) is 24.3 Å². The van der Waals surface area contributed by atoms with Gasteiger partial charge in [0.1, 0.15) is 0 Å². The van der Waals surface area contributed by atoms with E-state index in [0.717, 1.165) is 5.75 Å². The molecule has 2 N–H and O–H groups in total. The molecule has 1 aliphatic rings. The number of carbonyl (C=O) groups excluding carboxylic acids is 3. The maximum atomic E-state index is 11.9. The number of thioether (sulfide) groups is 1. The Balaban J connectivity index is 1.79. The van der Waals surface area contributed by atoms with Gasteiger partial charge >= 0.3 is 0 Å². The summed E-state index contributed by atoms with van der Waals surface area (Å²) in [6.07, 6.45) is 0.276. The van der Waals surface area contributed by atoms with Gasteiger partial charge in [0, 0.05) is 42.6 Å². The molecule has 124 valence electrons. The highest BCUT2D eigenvalue weighted by Crippen LogP contribution is 2.18. The summed E-state index contributed by atoms with van der Waals surface area (Å²) in [5.41, 5.74) is 1.36. The van der Waals surface area contributed by atoms with Gasteiger partial charge in [-0.15, -0.1) is 0 Å². The third-order valence-corrected chi connectivity index (χ3v) is 4.31. The van der Waals surface area contributed by atoms with Crippen molar-refractivity contribution in [1.82, 2.24) is 4.90 Å². The second-order valence-corrected chi connectivity index (χ2v) is 6.67. The summed E-state index contributed by atoms with van der Waals surface area (Å²) in [6, 6.07) is 6.97. The minimum Gasteiger partial charge on any atom is -0.332 e. The van der Waals surface area contributed by atoms with Crippen LogP contribution in [0.3, 0.4) is 0 Å². The fraction of sp³-hybridized carbons (Fsp3) is 0.438. The lowest BCUT2D eigenvalue weighted by Crippen LogP contribution is -2.27. The molecule has 0 bridgehead atoms. The molecule has 0 saturated carbocycles. The van der Waals surface area contributed by atoms with Crippen molar-refractivity contribution in [2.75, 3.05) is 29.5 Å². The van der Waals surface area contributed by atoms with Crippen molar-refractivity contribution in [1.29, 1.82) is 0 Å². The van der Waals surface area contributed by atoms with E-state index >= 15 is 0 Å². The van der Waals surface area contributed by atoms with Crippen molar-refractivity contribution in [2.24, 2.45) is 5.92 Å². The standard InChI is InChI=1S/C16H21N3O3S/c1-11(2)15(21)18-13-5-3-12(4-6-13)17-14(20)7-8-19-9-10-23-16(19)22/h3-6,11H,7-10H2,1-2H3,(H,17,20)(H,18,21). The fourth-order valence-electron chi connectivity index (χ4n) is 2.01. The van der Waals surface area contributed by atoms with Gasteiger partial charge in [-0.2, -0.15) is 0 Å². The molecule has 0 atom stereocenters. The van der Waals surface area contributed by atoms with Crippen LogP contribution in [0.5, 0.6) is 0 Å². The quantitative estimate of drug-likeness (QED) is 0.838. The molecule has 1 aromatic carbocycles. The second-order valence-electron chi connectivity index (χ2n) is 5.62. The lowest BCUT2D eigenvalue weighted by atomic mass is 10.2. The normalized spacial score (nSPS) is 14.2. The van der Waals surface area contributed by atoms with Crippen LogP contribution in [0.1, 0.15) is 20.3 Å². The van der Waals surface area contributed by atoms with Gasteiger partial charge in [0.05, 0.1) is 0 Å². The van der Waals surface area contributed by atoms with Crippen molar-refractivity contribution in [3.8, 4) is 0 Å². The molecular weight excluding hydrogens is 314 g/mol. The summed E-state index contributed by atoms with van der Waals surface area (Å²) in [5.74, 6) is 0.536. The number of nitrogens with one attached hydrogen (secondary N) is 2. The first-order chi connectivity index (χ1) is 11.0. The minimum absolute atomic E-state index is 0.0445. The summed E-state index contributed by atoms with van der Waals surface area (Å²) >= 11 is 1.29. The van der Waals surface area contributed by atoms with Crippen LogP contribution < -0.4 is 10.6 Å². The van der Waals surface area contributed by atoms with Crippen LogP contribution >= 0.6 is 11.8 Å². The van der Waals surface area contributed by atoms with Crippen LogP contribution in [-0.4, -0.2) is 40.8 Å². The van der Waals surface area contributed by atoms with Crippen molar-refractivity contribution >= 4 is 40.2 Å². The molecule has 3 amide bonds. The Morgan fingerprint density at radius 2 is 1.78 bits per heavy atom. The van der Waals surface area contributed by atoms with Crippen molar-refractivity contribution < 1.29 is 14.4 Å². The monoisotopic (exact) mass is 335 g/mol. The third kappa shape index (κ3) is 5.28. The minimum atomic E-state index is -0.131. The van der Waals surface area contributed by atoms with E-state index in [0.29, 0.717) is 24.5 Å². The smallest absolute Gasteiger partial charge is 0.281 e. The van der Waals surface area contributed by atoms with E-state index in [4.69, 9.17) is 0 Å². The summed E-state index contributed by atoms with van der Waals surface area (Å²) in [5, 5.41) is 5.62. The van der Waals surface area contributed by atoms with Gasteiger partial charge in [-0.25, -0.2) is 0 Å². The van der Waals surface area contributed by atoms with E-state index in [2.05, 4.69) is 10.6 Å². The molecule has 0 spiro atoms. The molecule has 2 rings (SSSR count). The third-order valence-electron chi connectivity index (χ3n) is 3.41. The Labute approximate surface area is 140 Å². The first-order valence-electron chi connectivity index (χ1n) is 7.58. The van der Waals surface area contributed by atoms with E-state index in [1.54, 1.807) is 29.2 Å². The highest BCUT2D eigenvalue weighted by atomic mass is 32.2. The van der Waals surface area contributed by atoms with Crippen LogP contribution in [-0.2, 0) is 9.59 Å². The van der Waals surface area contributed by atoms with Gasteiger partial charge in [-0.1, -0.05) is 25.6 Å². The molecule has 0 radical (unpaired) electrons. The summed E-state index contributed by atoms with van der Waals surface area (Å²) in [4.78, 5) is 36.6. The van der Waals surface area contributed by atoms with Crippen LogP contribution in [0.25, 0.3) is 0 Å². The van der Waals surface area contributed by atoms with E-state index in [1.807, 2.05) is 13.8 Å². The molecule has 1 fully saturated rings. The van der Waals surface area contributed by atoms with Crippen molar-refractivity contribution in [3.63, 3.8) is 0 Å². The number of rotatable bonds is 6. The van der Waals surface area contributed by atoms with Gasteiger partial charge < -0.3 is 15.5 Å². The highest BCUT2D eigenvalue weighted by molar-refractivity contribution is 8.13. The lowest BCUT2D eigenvalue weighted by molar-refractivity contribution is -0.119.